The zero-order valence-electron chi connectivity index (χ0n) is 11.3. The molecule has 0 bridgehead atoms. The molecule has 0 N–H and O–H groups in total. The van der Waals surface area contributed by atoms with Crippen LogP contribution in [0.15, 0.2) is 34.8 Å². The van der Waals surface area contributed by atoms with Crippen molar-refractivity contribution in [2.24, 2.45) is 0 Å². The van der Waals surface area contributed by atoms with E-state index in [2.05, 4.69) is 31.9 Å². The Bertz CT molecular complexity index is 664. The van der Waals surface area contributed by atoms with Crippen LogP contribution >= 0.6 is 43.5 Å². The van der Waals surface area contributed by atoms with Crippen molar-refractivity contribution >= 4 is 43.5 Å². The summed E-state index contributed by atoms with van der Waals surface area (Å²) in [7, 11) is 3.16. The molecule has 0 heterocycles. The second-order valence-electron chi connectivity index (χ2n) is 4.26. The molecule has 2 aromatic rings. The number of rotatable bonds is 4. The van der Waals surface area contributed by atoms with Gasteiger partial charge >= 0.3 is 0 Å². The summed E-state index contributed by atoms with van der Waals surface area (Å²) in [5.74, 6) is 0.810. The van der Waals surface area contributed by atoms with E-state index in [9.17, 15) is 4.39 Å². The lowest BCUT2D eigenvalue weighted by molar-refractivity contribution is 0.354. The van der Waals surface area contributed by atoms with Gasteiger partial charge in [0, 0.05) is 4.47 Å². The van der Waals surface area contributed by atoms with Crippen LogP contribution in [0.4, 0.5) is 4.39 Å². The number of methoxy groups -OCH3 is 2. The normalized spacial score (nSPS) is 12.1. The number of benzene rings is 2. The Balaban J connectivity index is 2.47. The first-order valence-corrected chi connectivity index (χ1v) is 8.07. The lowest BCUT2D eigenvalue weighted by Gasteiger charge is -2.16. The summed E-state index contributed by atoms with van der Waals surface area (Å²) in [4.78, 5) is -0.162. The first-order chi connectivity index (χ1) is 9.97. The van der Waals surface area contributed by atoms with Gasteiger partial charge in [0.25, 0.3) is 0 Å². The zero-order valence-corrected chi connectivity index (χ0v) is 15.2. The van der Waals surface area contributed by atoms with E-state index in [0.29, 0.717) is 11.5 Å². The molecular formula is C15H12Br2ClFO2. The molecule has 2 rings (SSSR count). The largest absolute Gasteiger partial charge is 0.493 e. The van der Waals surface area contributed by atoms with Crippen molar-refractivity contribution in [2.75, 3.05) is 14.2 Å². The Kier molecular flexibility index (Phi) is 5.52. The monoisotopic (exact) mass is 436 g/mol. The molecule has 0 radical (unpaired) electrons. The average molecular weight is 439 g/mol. The smallest absolute Gasteiger partial charge is 0.161 e. The molecule has 0 amide bonds. The number of hydrogen-bond acceptors (Lipinski definition) is 2. The van der Waals surface area contributed by atoms with E-state index in [-0.39, 0.29) is 9.85 Å². The van der Waals surface area contributed by atoms with Crippen LogP contribution < -0.4 is 9.47 Å². The minimum atomic E-state index is -0.438. The molecule has 0 aliphatic rings. The molecule has 1 atom stereocenters. The predicted octanol–water partition coefficient (Wildman–Crippen LogP) is 5.74. The number of ether oxygens (including phenoxy) is 2. The standard InChI is InChI=1S/C15H12Br2ClFO2/c1-20-13-6-9(10(16)7-14(13)21-2)15(17)8-3-4-12(19)11(18)5-8/h3-7,15H,1-2H3. The molecule has 0 saturated heterocycles. The van der Waals surface area contributed by atoms with E-state index in [0.717, 1.165) is 15.6 Å². The topological polar surface area (TPSA) is 18.5 Å². The summed E-state index contributed by atoms with van der Waals surface area (Å²) in [5.41, 5.74) is 1.77. The third kappa shape index (κ3) is 3.52. The highest BCUT2D eigenvalue weighted by Gasteiger charge is 2.18. The molecule has 0 aliphatic heterocycles. The Hall–Kier alpha value is -0.780. The van der Waals surface area contributed by atoms with Gasteiger partial charge in [-0.25, -0.2) is 4.39 Å². The van der Waals surface area contributed by atoms with Crippen LogP contribution in [0.1, 0.15) is 16.0 Å². The maximum absolute atomic E-state index is 13.3. The van der Waals surface area contributed by atoms with Crippen molar-refractivity contribution in [3.05, 3.63) is 56.8 Å². The zero-order chi connectivity index (χ0) is 15.6. The summed E-state index contributed by atoms with van der Waals surface area (Å²) < 4.78 is 24.7. The molecule has 0 spiro atoms. The minimum absolute atomic E-state index is 0.0912. The average Bonchev–Trinajstić information content (AvgIpc) is 2.49. The van der Waals surface area contributed by atoms with E-state index < -0.39 is 5.82 Å². The lowest BCUT2D eigenvalue weighted by atomic mass is 10.0. The van der Waals surface area contributed by atoms with Crippen molar-refractivity contribution in [3.63, 3.8) is 0 Å². The Morgan fingerprint density at radius 3 is 2.29 bits per heavy atom. The molecule has 1 unspecified atom stereocenters. The van der Waals surface area contributed by atoms with Gasteiger partial charge in [0.05, 0.1) is 24.1 Å². The van der Waals surface area contributed by atoms with E-state index in [1.54, 1.807) is 26.4 Å². The maximum Gasteiger partial charge on any atom is 0.161 e. The van der Waals surface area contributed by atoms with Gasteiger partial charge < -0.3 is 9.47 Å². The predicted molar refractivity (Wildman–Crippen MR) is 89.4 cm³/mol. The summed E-state index contributed by atoms with van der Waals surface area (Å²) >= 11 is 13.0. The van der Waals surface area contributed by atoms with Gasteiger partial charge in [-0.3, -0.25) is 0 Å². The van der Waals surface area contributed by atoms with Crippen molar-refractivity contribution in [3.8, 4) is 11.5 Å². The van der Waals surface area contributed by atoms with Crippen LogP contribution in [0.3, 0.4) is 0 Å². The quantitative estimate of drug-likeness (QED) is 0.567. The molecule has 0 aliphatic carbocycles. The first kappa shape index (κ1) is 16.6. The van der Waals surface area contributed by atoms with E-state index in [4.69, 9.17) is 21.1 Å². The van der Waals surface area contributed by atoms with Crippen molar-refractivity contribution in [2.45, 2.75) is 4.83 Å². The second kappa shape index (κ2) is 6.99. The Labute approximate surface area is 144 Å². The molecule has 2 nitrogen and oxygen atoms in total. The maximum atomic E-state index is 13.3. The van der Waals surface area contributed by atoms with Gasteiger partial charge in [-0.05, 0) is 35.4 Å². The SMILES string of the molecule is COc1cc(Br)c(C(Br)c2ccc(F)c(Cl)c2)cc1OC. The van der Waals surface area contributed by atoms with Crippen LogP contribution in [0.25, 0.3) is 0 Å². The van der Waals surface area contributed by atoms with Crippen LogP contribution in [0.2, 0.25) is 5.02 Å². The summed E-state index contributed by atoms with van der Waals surface area (Å²) in [5, 5.41) is 0.0912. The second-order valence-corrected chi connectivity index (χ2v) is 6.44. The first-order valence-electron chi connectivity index (χ1n) is 5.98. The highest BCUT2D eigenvalue weighted by atomic mass is 79.9. The van der Waals surface area contributed by atoms with Crippen molar-refractivity contribution in [1.82, 2.24) is 0 Å². The van der Waals surface area contributed by atoms with Gasteiger partial charge in [-0.1, -0.05) is 49.5 Å². The van der Waals surface area contributed by atoms with E-state index in [1.807, 2.05) is 12.1 Å². The molecule has 0 saturated carbocycles. The summed E-state index contributed by atoms with van der Waals surface area (Å²) in [6.07, 6.45) is 0. The van der Waals surface area contributed by atoms with Gasteiger partial charge in [-0.2, -0.15) is 0 Å². The number of alkyl halides is 1. The van der Waals surface area contributed by atoms with Crippen LogP contribution in [-0.2, 0) is 0 Å². The van der Waals surface area contributed by atoms with Crippen LogP contribution in [0, 0.1) is 5.82 Å². The highest BCUT2D eigenvalue weighted by molar-refractivity contribution is 9.11. The lowest BCUT2D eigenvalue weighted by Crippen LogP contribution is -1.98. The van der Waals surface area contributed by atoms with Gasteiger partial charge in [0.2, 0.25) is 0 Å². The van der Waals surface area contributed by atoms with Gasteiger partial charge in [-0.15, -0.1) is 0 Å². The fraction of sp³-hybridized carbons (Fsp3) is 0.200. The third-order valence-corrected chi connectivity index (χ3v) is 5.01. The fourth-order valence-electron chi connectivity index (χ4n) is 1.91. The fourth-order valence-corrected chi connectivity index (χ4v) is 3.62. The minimum Gasteiger partial charge on any atom is -0.493 e. The molecule has 112 valence electrons. The third-order valence-electron chi connectivity index (χ3n) is 3.01. The Morgan fingerprint density at radius 2 is 1.71 bits per heavy atom. The molecule has 0 aromatic heterocycles. The number of hydrogen-bond donors (Lipinski definition) is 0. The molecule has 2 aromatic carbocycles. The van der Waals surface area contributed by atoms with Crippen LogP contribution in [0.5, 0.6) is 11.5 Å². The van der Waals surface area contributed by atoms with E-state index in [1.165, 1.54) is 6.07 Å². The van der Waals surface area contributed by atoms with Gasteiger partial charge in [0.1, 0.15) is 5.82 Å². The molecule has 21 heavy (non-hydrogen) atoms. The highest BCUT2D eigenvalue weighted by Crippen LogP contribution is 2.41. The number of halogens is 4. The summed E-state index contributed by atoms with van der Waals surface area (Å²) in [6, 6.07) is 8.32. The summed E-state index contributed by atoms with van der Waals surface area (Å²) in [6.45, 7) is 0. The van der Waals surface area contributed by atoms with Crippen LogP contribution in [-0.4, -0.2) is 14.2 Å². The van der Waals surface area contributed by atoms with Crippen molar-refractivity contribution in [1.29, 1.82) is 0 Å². The van der Waals surface area contributed by atoms with Crippen molar-refractivity contribution < 1.29 is 13.9 Å². The molecular weight excluding hydrogens is 426 g/mol. The van der Waals surface area contributed by atoms with Gasteiger partial charge in [0.15, 0.2) is 11.5 Å². The Morgan fingerprint density at radius 1 is 1.10 bits per heavy atom. The molecule has 6 heteroatoms. The van der Waals surface area contributed by atoms with E-state index >= 15 is 0 Å². The molecule has 0 fully saturated rings.